The zero-order valence-electron chi connectivity index (χ0n) is 11.9. The molecule has 1 aliphatic heterocycles. The van der Waals surface area contributed by atoms with E-state index in [0.29, 0.717) is 12.2 Å². The number of ether oxygens (including phenoxy) is 1. The Morgan fingerprint density at radius 2 is 2.30 bits per heavy atom. The Labute approximate surface area is 117 Å². The van der Waals surface area contributed by atoms with Crippen LogP contribution in [0.5, 0.6) is 0 Å². The third kappa shape index (κ3) is 2.73. The van der Waals surface area contributed by atoms with Gasteiger partial charge in [0, 0.05) is 31.9 Å². The number of morpholine rings is 1. The van der Waals surface area contributed by atoms with E-state index >= 15 is 0 Å². The van der Waals surface area contributed by atoms with Gasteiger partial charge in [0.1, 0.15) is 5.65 Å². The fourth-order valence-electron chi connectivity index (χ4n) is 2.60. The largest absolute Gasteiger partial charge is 0.376 e. The molecule has 5 nitrogen and oxygen atoms in total. The van der Waals surface area contributed by atoms with Gasteiger partial charge in [-0.15, -0.1) is 0 Å². The molecule has 20 heavy (non-hydrogen) atoms. The van der Waals surface area contributed by atoms with Crippen molar-refractivity contribution in [1.82, 2.24) is 14.3 Å². The number of hydrogen-bond acceptors (Lipinski definition) is 4. The molecule has 1 fully saturated rings. The third-order valence-corrected chi connectivity index (χ3v) is 3.57. The van der Waals surface area contributed by atoms with Gasteiger partial charge in [-0.2, -0.15) is 0 Å². The molecule has 0 amide bonds. The van der Waals surface area contributed by atoms with Crippen molar-refractivity contribution in [3.8, 4) is 0 Å². The predicted molar refractivity (Wildman–Crippen MR) is 76.9 cm³/mol. The summed E-state index contributed by atoms with van der Waals surface area (Å²) in [6.07, 6.45) is 2.07. The Morgan fingerprint density at radius 1 is 1.45 bits per heavy atom. The minimum atomic E-state index is -0.0185. The van der Waals surface area contributed by atoms with Crippen LogP contribution < -0.4 is 5.56 Å². The van der Waals surface area contributed by atoms with Crippen LogP contribution in [0.3, 0.4) is 0 Å². The molecule has 0 N–H and O–H groups in total. The fraction of sp³-hybridized carbons (Fsp3) is 0.467. The molecule has 0 radical (unpaired) electrons. The maximum Gasteiger partial charge on any atom is 0.258 e. The highest BCUT2D eigenvalue weighted by Gasteiger charge is 2.17. The van der Waals surface area contributed by atoms with Gasteiger partial charge in [-0.05, 0) is 25.5 Å². The standard InChI is InChI=1S/C15H19N3O2/c1-11-3-4-14-16-13(7-15(19)18(14)8-11)10-17-5-6-20-12(2)9-17/h3-4,7-8,12H,5-6,9-10H2,1-2H3. The van der Waals surface area contributed by atoms with Gasteiger partial charge in [-0.3, -0.25) is 14.1 Å². The van der Waals surface area contributed by atoms with Crippen molar-refractivity contribution >= 4 is 5.65 Å². The first kappa shape index (κ1) is 13.3. The van der Waals surface area contributed by atoms with Gasteiger partial charge in [0.15, 0.2) is 0 Å². The fourth-order valence-corrected chi connectivity index (χ4v) is 2.60. The van der Waals surface area contributed by atoms with E-state index in [1.54, 1.807) is 10.5 Å². The number of pyridine rings is 1. The molecular formula is C15H19N3O2. The predicted octanol–water partition coefficient (Wildman–Crippen LogP) is 1.22. The second-order valence-electron chi connectivity index (χ2n) is 5.44. The molecule has 1 atom stereocenters. The normalized spacial score (nSPS) is 20.4. The van der Waals surface area contributed by atoms with Crippen LogP contribution in [0.15, 0.2) is 29.2 Å². The minimum Gasteiger partial charge on any atom is -0.376 e. The highest BCUT2D eigenvalue weighted by atomic mass is 16.5. The summed E-state index contributed by atoms with van der Waals surface area (Å²) in [5.41, 5.74) is 2.57. The highest BCUT2D eigenvalue weighted by molar-refractivity contribution is 5.39. The lowest BCUT2D eigenvalue weighted by Gasteiger charge is -2.30. The maximum atomic E-state index is 12.1. The number of rotatable bonds is 2. The molecule has 1 saturated heterocycles. The second kappa shape index (κ2) is 5.34. The van der Waals surface area contributed by atoms with Crippen molar-refractivity contribution in [2.24, 2.45) is 0 Å². The molecule has 0 spiro atoms. The Hall–Kier alpha value is -1.72. The lowest BCUT2D eigenvalue weighted by Crippen LogP contribution is -2.40. The number of nitrogens with zero attached hydrogens (tertiary/aromatic N) is 3. The van der Waals surface area contributed by atoms with E-state index in [0.717, 1.165) is 31.0 Å². The topological polar surface area (TPSA) is 46.8 Å². The quantitative estimate of drug-likeness (QED) is 0.825. The number of aromatic nitrogens is 2. The molecular weight excluding hydrogens is 254 g/mol. The molecule has 1 unspecified atom stereocenters. The summed E-state index contributed by atoms with van der Waals surface area (Å²) in [5.74, 6) is 0. The smallest absolute Gasteiger partial charge is 0.258 e. The average molecular weight is 273 g/mol. The van der Waals surface area contributed by atoms with Gasteiger partial charge in [0.25, 0.3) is 5.56 Å². The van der Waals surface area contributed by atoms with Gasteiger partial charge in [0.2, 0.25) is 0 Å². The Balaban J connectivity index is 1.89. The van der Waals surface area contributed by atoms with Crippen molar-refractivity contribution in [3.05, 3.63) is 46.0 Å². The summed E-state index contributed by atoms with van der Waals surface area (Å²) in [4.78, 5) is 19.0. The molecule has 0 aromatic carbocycles. The Morgan fingerprint density at radius 3 is 3.10 bits per heavy atom. The first-order valence-corrected chi connectivity index (χ1v) is 6.95. The van der Waals surface area contributed by atoms with E-state index < -0.39 is 0 Å². The van der Waals surface area contributed by atoms with Crippen molar-refractivity contribution in [1.29, 1.82) is 0 Å². The summed E-state index contributed by atoms with van der Waals surface area (Å²) < 4.78 is 7.12. The third-order valence-electron chi connectivity index (χ3n) is 3.57. The van der Waals surface area contributed by atoms with Crippen molar-refractivity contribution < 1.29 is 4.74 Å². The van der Waals surface area contributed by atoms with Crippen LogP contribution in [-0.2, 0) is 11.3 Å². The van der Waals surface area contributed by atoms with Crippen LogP contribution in [0, 0.1) is 6.92 Å². The van der Waals surface area contributed by atoms with E-state index in [4.69, 9.17) is 4.74 Å². The molecule has 2 aromatic heterocycles. The lowest BCUT2D eigenvalue weighted by atomic mass is 10.2. The monoisotopic (exact) mass is 273 g/mol. The van der Waals surface area contributed by atoms with Crippen molar-refractivity contribution in [2.75, 3.05) is 19.7 Å². The zero-order valence-corrected chi connectivity index (χ0v) is 11.9. The highest BCUT2D eigenvalue weighted by Crippen LogP contribution is 2.09. The Bertz CT molecular complexity index is 680. The molecule has 5 heteroatoms. The molecule has 0 aliphatic carbocycles. The summed E-state index contributed by atoms with van der Waals surface area (Å²) in [7, 11) is 0. The van der Waals surface area contributed by atoms with Gasteiger partial charge in [-0.25, -0.2) is 4.98 Å². The molecule has 3 rings (SSSR count). The van der Waals surface area contributed by atoms with Gasteiger partial charge in [0.05, 0.1) is 18.4 Å². The number of hydrogen-bond donors (Lipinski definition) is 0. The second-order valence-corrected chi connectivity index (χ2v) is 5.44. The maximum absolute atomic E-state index is 12.1. The molecule has 106 valence electrons. The van der Waals surface area contributed by atoms with Crippen LogP contribution >= 0.6 is 0 Å². The molecule has 1 aliphatic rings. The van der Waals surface area contributed by atoms with Crippen LogP contribution in [0.2, 0.25) is 0 Å². The van der Waals surface area contributed by atoms with Crippen molar-refractivity contribution in [2.45, 2.75) is 26.5 Å². The minimum absolute atomic E-state index is 0.0185. The van der Waals surface area contributed by atoms with Crippen LogP contribution in [0.4, 0.5) is 0 Å². The van der Waals surface area contributed by atoms with Crippen LogP contribution in [-0.4, -0.2) is 40.1 Å². The molecule has 3 heterocycles. The number of aryl methyl sites for hydroxylation is 1. The summed E-state index contributed by atoms with van der Waals surface area (Å²) in [5, 5.41) is 0. The van der Waals surface area contributed by atoms with Crippen molar-refractivity contribution in [3.63, 3.8) is 0 Å². The van der Waals surface area contributed by atoms with Crippen LogP contribution in [0.1, 0.15) is 18.2 Å². The van der Waals surface area contributed by atoms with E-state index in [1.807, 2.05) is 25.3 Å². The molecule has 0 bridgehead atoms. The Kier molecular flexibility index (Phi) is 3.54. The average Bonchev–Trinajstić information content (AvgIpc) is 2.40. The first-order chi connectivity index (χ1) is 9.61. The van der Waals surface area contributed by atoms with E-state index in [2.05, 4.69) is 16.8 Å². The summed E-state index contributed by atoms with van der Waals surface area (Å²) >= 11 is 0. The zero-order chi connectivity index (χ0) is 14.1. The van der Waals surface area contributed by atoms with Gasteiger partial charge >= 0.3 is 0 Å². The molecule has 2 aromatic rings. The SMILES string of the molecule is Cc1ccc2nc(CN3CCOC(C)C3)cc(=O)n2c1. The van der Waals surface area contributed by atoms with E-state index in [1.165, 1.54) is 0 Å². The summed E-state index contributed by atoms with van der Waals surface area (Å²) in [6, 6.07) is 5.50. The van der Waals surface area contributed by atoms with E-state index in [9.17, 15) is 4.79 Å². The first-order valence-electron chi connectivity index (χ1n) is 6.95. The van der Waals surface area contributed by atoms with E-state index in [-0.39, 0.29) is 11.7 Å². The number of fused-ring (bicyclic) bond motifs is 1. The summed E-state index contributed by atoms with van der Waals surface area (Å²) in [6.45, 7) is 7.25. The molecule has 0 saturated carbocycles. The lowest BCUT2D eigenvalue weighted by molar-refractivity contribution is -0.0215. The van der Waals surface area contributed by atoms with Gasteiger partial charge in [-0.1, -0.05) is 6.07 Å². The van der Waals surface area contributed by atoms with Crippen LogP contribution in [0.25, 0.3) is 5.65 Å². The van der Waals surface area contributed by atoms with Gasteiger partial charge < -0.3 is 4.74 Å².